The molecular weight excluding hydrogens is 517 g/mol. The van der Waals surface area contributed by atoms with Crippen molar-refractivity contribution in [3.05, 3.63) is 18.2 Å². The van der Waals surface area contributed by atoms with Crippen LogP contribution in [0.15, 0.2) is 18.2 Å². The van der Waals surface area contributed by atoms with E-state index in [0.29, 0.717) is 54.7 Å². The number of nitrogens with zero attached hydrogens (tertiary/aromatic N) is 5. The molecule has 3 rings (SSSR count). The fraction of sp³-hybridized carbons (Fsp3) is 0.667. The van der Waals surface area contributed by atoms with Crippen LogP contribution in [0.5, 0.6) is 0 Å². The van der Waals surface area contributed by atoms with E-state index in [9.17, 15) is 9.18 Å². The van der Waals surface area contributed by atoms with Crippen molar-refractivity contribution in [3.63, 3.8) is 0 Å². The molecule has 0 radical (unpaired) electrons. The first-order valence-electron chi connectivity index (χ1n) is 13.7. The predicted octanol–water partition coefficient (Wildman–Crippen LogP) is 4.29. The molecule has 2 aromatic rings. The first-order valence-corrected chi connectivity index (χ1v) is 13.7. The van der Waals surface area contributed by atoms with E-state index < -0.39 is 17.9 Å². The van der Waals surface area contributed by atoms with Gasteiger partial charge in [0.25, 0.3) is 0 Å². The van der Waals surface area contributed by atoms with Crippen LogP contribution in [0.2, 0.25) is 0 Å². The first-order chi connectivity index (χ1) is 18.8. The van der Waals surface area contributed by atoms with Crippen LogP contribution in [0, 0.1) is 5.41 Å². The Kier molecular flexibility index (Phi) is 10.2. The number of carbonyl (C=O) groups is 1. The van der Waals surface area contributed by atoms with Crippen LogP contribution in [0.25, 0.3) is 11.2 Å². The molecule has 3 heterocycles. The lowest BCUT2D eigenvalue weighted by Gasteiger charge is -2.22. The number of hydrogen-bond donors (Lipinski definition) is 4. The molecule has 1 saturated heterocycles. The van der Waals surface area contributed by atoms with Crippen LogP contribution >= 0.6 is 0 Å². The molecule has 2 aromatic heterocycles. The fourth-order valence-electron chi connectivity index (χ4n) is 4.11. The van der Waals surface area contributed by atoms with Gasteiger partial charge in [0.1, 0.15) is 17.5 Å². The number of ether oxygens (including phenoxy) is 2. The molecule has 0 aliphatic carbocycles. The van der Waals surface area contributed by atoms with E-state index in [1.54, 1.807) is 12.5 Å². The third-order valence-corrected chi connectivity index (χ3v) is 6.13. The van der Waals surface area contributed by atoms with E-state index in [1.807, 2.05) is 30.2 Å². The Hall–Kier alpha value is -3.64. The number of rotatable bonds is 11. The van der Waals surface area contributed by atoms with Gasteiger partial charge in [-0.1, -0.05) is 0 Å². The molecule has 1 fully saturated rings. The molecule has 1 amide bonds. The van der Waals surface area contributed by atoms with Gasteiger partial charge in [0, 0.05) is 31.4 Å². The van der Waals surface area contributed by atoms with Gasteiger partial charge in [-0.15, -0.1) is 0 Å². The van der Waals surface area contributed by atoms with Crippen LogP contribution in [-0.4, -0.2) is 76.6 Å². The molecule has 0 unspecified atom stereocenters. The van der Waals surface area contributed by atoms with Crippen LogP contribution in [0.4, 0.5) is 21.0 Å². The monoisotopic (exact) mass is 561 g/mol. The van der Waals surface area contributed by atoms with Gasteiger partial charge in [-0.05, 0) is 67.2 Å². The smallest absolute Gasteiger partial charge is 0.407 e. The molecule has 222 valence electrons. The Morgan fingerprint density at radius 3 is 2.52 bits per heavy atom. The lowest BCUT2D eigenvalue weighted by Crippen LogP contribution is -2.33. The molecule has 40 heavy (non-hydrogen) atoms. The summed E-state index contributed by atoms with van der Waals surface area (Å²) in [4.78, 5) is 27.5. The van der Waals surface area contributed by atoms with Crippen molar-refractivity contribution in [2.45, 2.75) is 84.5 Å². The lowest BCUT2D eigenvalue weighted by molar-refractivity contribution is 0.0527. The van der Waals surface area contributed by atoms with E-state index in [1.165, 1.54) is 7.11 Å². The van der Waals surface area contributed by atoms with Crippen LogP contribution in [0.3, 0.4) is 0 Å². The zero-order chi connectivity index (χ0) is 29.5. The van der Waals surface area contributed by atoms with E-state index in [0.717, 1.165) is 19.3 Å². The van der Waals surface area contributed by atoms with E-state index in [2.05, 4.69) is 46.7 Å². The molecule has 1 aliphatic rings. The lowest BCUT2D eigenvalue weighted by atomic mass is 10.1. The highest BCUT2D eigenvalue weighted by Crippen LogP contribution is 2.29. The third-order valence-electron chi connectivity index (χ3n) is 6.13. The second-order valence-electron chi connectivity index (χ2n) is 11.8. The number of amides is 1. The fourth-order valence-corrected chi connectivity index (χ4v) is 4.11. The maximum atomic E-state index is 14.0. The SMILES string of the molecule is COC(=N)/C(=C\NCCCCCNC(=O)OC(C)(C)C)Nc1nc(N2CC[C@H](F)C2)nc2c1ncn2C(C)(C)C. The van der Waals surface area contributed by atoms with Gasteiger partial charge in [0.2, 0.25) is 11.8 Å². The van der Waals surface area contributed by atoms with Gasteiger partial charge >= 0.3 is 6.09 Å². The Morgan fingerprint density at radius 2 is 1.90 bits per heavy atom. The molecule has 0 aromatic carbocycles. The highest BCUT2D eigenvalue weighted by molar-refractivity contribution is 5.96. The number of hydrogen-bond acceptors (Lipinski definition) is 10. The summed E-state index contributed by atoms with van der Waals surface area (Å²) < 4.78 is 26.4. The number of anilines is 2. The van der Waals surface area contributed by atoms with E-state index >= 15 is 0 Å². The number of alkyl halides is 1. The third kappa shape index (κ3) is 8.68. The number of halogens is 1. The minimum Gasteiger partial charge on any atom is -0.480 e. The largest absolute Gasteiger partial charge is 0.480 e. The molecule has 1 atom stereocenters. The molecule has 1 aliphatic heterocycles. The number of aromatic nitrogens is 4. The Morgan fingerprint density at radius 1 is 1.18 bits per heavy atom. The summed E-state index contributed by atoms with van der Waals surface area (Å²) in [5.41, 5.74) is 0.739. The predicted molar refractivity (Wildman–Crippen MR) is 155 cm³/mol. The molecular formula is C27H44FN9O3. The summed E-state index contributed by atoms with van der Waals surface area (Å²) in [6, 6.07) is 0. The number of carbonyl (C=O) groups excluding carboxylic acids is 1. The summed E-state index contributed by atoms with van der Waals surface area (Å²) in [7, 11) is 1.43. The van der Waals surface area contributed by atoms with E-state index in [-0.39, 0.29) is 18.0 Å². The van der Waals surface area contributed by atoms with Crippen molar-refractivity contribution in [2.24, 2.45) is 0 Å². The van der Waals surface area contributed by atoms with Gasteiger partial charge in [-0.3, -0.25) is 5.41 Å². The van der Waals surface area contributed by atoms with Crippen LogP contribution < -0.4 is 20.9 Å². The zero-order valence-electron chi connectivity index (χ0n) is 24.7. The summed E-state index contributed by atoms with van der Waals surface area (Å²) in [5, 5.41) is 17.5. The van der Waals surface area contributed by atoms with Crippen molar-refractivity contribution >= 4 is 34.9 Å². The second-order valence-corrected chi connectivity index (χ2v) is 11.8. The van der Waals surface area contributed by atoms with E-state index in [4.69, 9.17) is 19.9 Å². The number of unbranched alkanes of at least 4 members (excludes halogenated alkanes) is 2. The highest BCUT2D eigenvalue weighted by atomic mass is 19.1. The Labute approximate surface area is 235 Å². The molecule has 0 spiro atoms. The van der Waals surface area contributed by atoms with Crippen molar-refractivity contribution in [3.8, 4) is 0 Å². The average molecular weight is 562 g/mol. The topological polar surface area (TPSA) is 142 Å². The number of alkyl carbamates (subject to hydrolysis) is 1. The maximum absolute atomic E-state index is 14.0. The van der Waals surface area contributed by atoms with Gasteiger partial charge in [-0.25, -0.2) is 14.2 Å². The Balaban J connectivity index is 1.67. The molecule has 0 saturated carbocycles. The van der Waals surface area contributed by atoms with Crippen molar-refractivity contribution in [1.29, 1.82) is 5.41 Å². The maximum Gasteiger partial charge on any atom is 0.407 e. The highest BCUT2D eigenvalue weighted by Gasteiger charge is 2.27. The van der Waals surface area contributed by atoms with Gasteiger partial charge in [0.15, 0.2) is 17.0 Å². The van der Waals surface area contributed by atoms with Gasteiger partial charge in [-0.2, -0.15) is 9.97 Å². The average Bonchev–Trinajstić information content (AvgIpc) is 3.49. The van der Waals surface area contributed by atoms with Gasteiger partial charge < -0.3 is 34.9 Å². The molecule has 12 nitrogen and oxygen atoms in total. The molecule has 4 N–H and O–H groups in total. The first kappa shape index (κ1) is 30.9. The molecule has 13 heteroatoms. The minimum atomic E-state index is -0.919. The van der Waals surface area contributed by atoms with Crippen molar-refractivity contribution in [1.82, 2.24) is 30.2 Å². The number of imidazole rings is 1. The normalized spacial score (nSPS) is 16.2. The summed E-state index contributed by atoms with van der Waals surface area (Å²) in [6.07, 6.45) is 5.07. The summed E-state index contributed by atoms with van der Waals surface area (Å²) in [6.45, 7) is 13.6. The summed E-state index contributed by atoms with van der Waals surface area (Å²) >= 11 is 0. The number of fused-ring (bicyclic) bond motifs is 1. The molecule has 0 bridgehead atoms. The quantitative estimate of drug-likeness (QED) is 0.179. The minimum absolute atomic E-state index is 0.0809. The Bertz CT molecular complexity index is 1200. The second kappa shape index (κ2) is 13.1. The van der Waals surface area contributed by atoms with Crippen LogP contribution in [0.1, 0.15) is 67.2 Å². The summed E-state index contributed by atoms with van der Waals surface area (Å²) in [5.74, 6) is 0.744. The number of methoxy groups -OCH3 is 1. The van der Waals surface area contributed by atoms with Crippen molar-refractivity contribution in [2.75, 3.05) is 43.5 Å². The standard InChI is InChI=1S/C27H44FN9O3/c1-26(2,3)37-17-32-20-22(34-24(35-23(20)37)36-14-11-18(28)16-36)33-19(21(29)39-7)15-30-12-9-8-10-13-31-25(38)40-27(4,5)6/h15,17-18,29-30H,8-14,16H2,1-7H3,(H,31,38)(H,33,34,35)/b19-15+,29-21?/t18-/m0/s1. The number of nitrogens with one attached hydrogen (secondary N) is 4. The van der Waals surface area contributed by atoms with Crippen LogP contribution in [-0.2, 0) is 15.0 Å². The van der Waals surface area contributed by atoms with Crippen molar-refractivity contribution < 1.29 is 18.7 Å². The zero-order valence-corrected chi connectivity index (χ0v) is 24.7. The van der Waals surface area contributed by atoms with Gasteiger partial charge in [0.05, 0.1) is 20.0 Å².